The van der Waals surface area contributed by atoms with E-state index >= 15 is 0 Å². The van der Waals surface area contributed by atoms with E-state index in [-0.39, 0.29) is 0 Å². The van der Waals surface area contributed by atoms with Gasteiger partial charge >= 0.3 is 0 Å². The fourth-order valence-corrected chi connectivity index (χ4v) is 2.80. The molecule has 0 atom stereocenters. The predicted molar refractivity (Wildman–Crippen MR) is 80.8 cm³/mol. The molecule has 0 saturated heterocycles. The van der Waals surface area contributed by atoms with Gasteiger partial charge in [0.1, 0.15) is 0 Å². The molecule has 4 nitrogen and oxygen atoms in total. The second-order valence-electron chi connectivity index (χ2n) is 4.23. The Morgan fingerprint density at radius 2 is 2.11 bits per heavy atom. The van der Waals surface area contributed by atoms with Gasteiger partial charge in [-0.3, -0.25) is 0 Å². The number of rotatable bonds is 6. The van der Waals surface area contributed by atoms with Gasteiger partial charge in [-0.25, -0.2) is 0 Å². The number of halogens is 1. The SMILES string of the molecule is CCNCc1ccc(N(C)Cc2ccc(Cl)s2)nn1. The van der Waals surface area contributed by atoms with Gasteiger partial charge in [0.25, 0.3) is 0 Å². The summed E-state index contributed by atoms with van der Waals surface area (Å²) in [7, 11) is 2.00. The Kier molecular flexibility index (Phi) is 5.13. The van der Waals surface area contributed by atoms with Crippen molar-refractivity contribution in [1.82, 2.24) is 15.5 Å². The molecule has 0 aliphatic rings. The van der Waals surface area contributed by atoms with Crippen LogP contribution in [0.25, 0.3) is 0 Å². The third-order valence-electron chi connectivity index (χ3n) is 2.67. The molecule has 1 N–H and O–H groups in total. The van der Waals surface area contributed by atoms with E-state index < -0.39 is 0 Å². The summed E-state index contributed by atoms with van der Waals surface area (Å²) in [6.07, 6.45) is 0. The molecule has 0 unspecified atom stereocenters. The maximum absolute atomic E-state index is 5.92. The van der Waals surface area contributed by atoms with Crippen molar-refractivity contribution in [3.63, 3.8) is 0 Å². The van der Waals surface area contributed by atoms with Crippen molar-refractivity contribution in [1.29, 1.82) is 0 Å². The largest absolute Gasteiger partial charge is 0.353 e. The lowest BCUT2D eigenvalue weighted by atomic mass is 10.3. The first-order chi connectivity index (χ1) is 9.19. The van der Waals surface area contributed by atoms with Crippen molar-refractivity contribution < 1.29 is 0 Å². The number of hydrogen-bond acceptors (Lipinski definition) is 5. The Morgan fingerprint density at radius 1 is 1.26 bits per heavy atom. The summed E-state index contributed by atoms with van der Waals surface area (Å²) in [6.45, 7) is 4.55. The highest BCUT2D eigenvalue weighted by Crippen LogP contribution is 2.23. The highest BCUT2D eigenvalue weighted by atomic mass is 35.5. The third-order valence-corrected chi connectivity index (χ3v) is 3.89. The summed E-state index contributed by atoms with van der Waals surface area (Å²) in [4.78, 5) is 3.28. The van der Waals surface area contributed by atoms with Gasteiger partial charge in [-0.1, -0.05) is 18.5 Å². The van der Waals surface area contributed by atoms with E-state index in [0.717, 1.165) is 35.5 Å². The molecular weight excluding hydrogens is 280 g/mol. The molecule has 0 saturated carbocycles. The molecule has 0 amide bonds. The van der Waals surface area contributed by atoms with Gasteiger partial charge in [0.15, 0.2) is 5.82 Å². The zero-order valence-corrected chi connectivity index (χ0v) is 12.6. The molecule has 0 aromatic carbocycles. The monoisotopic (exact) mass is 296 g/mol. The molecule has 0 bridgehead atoms. The maximum atomic E-state index is 5.92. The van der Waals surface area contributed by atoms with Gasteiger partial charge in [0.05, 0.1) is 16.6 Å². The lowest BCUT2D eigenvalue weighted by Gasteiger charge is -2.16. The van der Waals surface area contributed by atoms with Crippen LogP contribution in [0, 0.1) is 0 Å². The molecule has 2 rings (SSSR count). The van der Waals surface area contributed by atoms with Crippen LogP contribution in [-0.4, -0.2) is 23.8 Å². The van der Waals surface area contributed by atoms with Crippen LogP contribution in [0.1, 0.15) is 17.5 Å². The van der Waals surface area contributed by atoms with Crippen LogP contribution in [0.3, 0.4) is 0 Å². The third kappa shape index (κ3) is 4.16. The van der Waals surface area contributed by atoms with Crippen molar-refractivity contribution >= 4 is 28.8 Å². The molecule has 2 aromatic rings. The zero-order valence-electron chi connectivity index (χ0n) is 11.1. The number of nitrogens with one attached hydrogen (secondary N) is 1. The van der Waals surface area contributed by atoms with E-state index in [2.05, 4.69) is 27.3 Å². The Balaban J connectivity index is 1.97. The summed E-state index contributed by atoms with van der Waals surface area (Å²) in [6, 6.07) is 7.95. The van der Waals surface area contributed by atoms with E-state index in [1.807, 2.05) is 31.3 Å². The summed E-state index contributed by atoms with van der Waals surface area (Å²) in [5, 5.41) is 11.7. The summed E-state index contributed by atoms with van der Waals surface area (Å²) in [5.41, 5.74) is 0.957. The Morgan fingerprint density at radius 3 is 2.68 bits per heavy atom. The second-order valence-corrected chi connectivity index (χ2v) is 6.02. The van der Waals surface area contributed by atoms with E-state index in [0.29, 0.717) is 0 Å². The fourth-order valence-electron chi connectivity index (χ4n) is 1.66. The van der Waals surface area contributed by atoms with Crippen LogP contribution in [-0.2, 0) is 13.1 Å². The van der Waals surface area contributed by atoms with Crippen LogP contribution in [0.15, 0.2) is 24.3 Å². The van der Waals surface area contributed by atoms with Gasteiger partial charge in [0, 0.05) is 18.5 Å². The fraction of sp³-hybridized carbons (Fsp3) is 0.385. The first kappa shape index (κ1) is 14.2. The highest BCUT2D eigenvalue weighted by Gasteiger charge is 2.06. The predicted octanol–water partition coefficient (Wildman–Crippen LogP) is 2.94. The first-order valence-corrected chi connectivity index (χ1v) is 7.37. The van der Waals surface area contributed by atoms with Gasteiger partial charge in [0.2, 0.25) is 0 Å². The minimum Gasteiger partial charge on any atom is -0.353 e. The van der Waals surface area contributed by atoms with E-state index in [9.17, 15) is 0 Å². The minimum absolute atomic E-state index is 0.758. The van der Waals surface area contributed by atoms with Crippen molar-refractivity contribution in [2.75, 3.05) is 18.5 Å². The summed E-state index contributed by atoms with van der Waals surface area (Å²) >= 11 is 7.51. The maximum Gasteiger partial charge on any atom is 0.151 e. The van der Waals surface area contributed by atoms with Crippen molar-refractivity contribution in [3.8, 4) is 0 Å². The number of anilines is 1. The molecule has 0 radical (unpaired) electrons. The first-order valence-electron chi connectivity index (χ1n) is 6.17. The molecule has 0 spiro atoms. The zero-order chi connectivity index (χ0) is 13.7. The van der Waals surface area contributed by atoms with Crippen molar-refractivity contribution in [3.05, 3.63) is 39.2 Å². The normalized spacial score (nSPS) is 10.7. The molecule has 0 aliphatic heterocycles. The van der Waals surface area contributed by atoms with Gasteiger partial charge in [-0.2, -0.15) is 5.10 Å². The average Bonchev–Trinajstić information content (AvgIpc) is 2.82. The number of nitrogens with zero attached hydrogens (tertiary/aromatic N) is 3. The minimum atomic E-state index is 0.758. The molecule has 102 valence electrons. The molecule has 2 aromatic heterocycles. The van der Waals surface area contributed by atoms with Crippen LogP contribution >= 0.6 is 22.9 Å². The molecule has 0 aliphatic carbocycles. The lowest BCUT2D eigenvalue weighted by Crippen LogP contribution is -2.18. The van der Waals surface area contributed by atoms with Gasteiger partial charge in [-0.05, 0) is 30.8 Å². The summed E-state index contributed by atoms with van der Waals surface area (Å²) < 4.78 is 0.815. The van der Waals surface area contributed by atoms with Crippen molar-refractivity contribution in [2.24, 2.45) is 0 Å². The topological polar surface area (TPSA) is 41.0 Å². The molecule has 2 heterocycles. The Labute approximate surface area is 122 Å². The Hall–Kier alpha value is -1.17. The molecule has 0 fully saturated rings. The smallest absolute Gasteiger partial charge is 0.151 e. The molecule has 6 heteroatoms. The van der Waals surface area contributed by atoms with Crippen LogP contribution in [0.5, 0.6) is 0 Å². The number of thiophene rings is 1. The molecular formula is C13H17ClN4S. The average molecular weight is 297 g/mol. The van der Waals surface area contributed by atoms with Crippen LogP contribution < -0.4 is 10.2 Å². The van der Waals surface area contributed by atoms with Crippen LogP contribution in [0.4, 0.5) is 5.82 Å². The molecule has 19 heavy (non-hydrogen) atoms. The van der Waals surface area contributed by atoms with Gasteiger partial charge < -0.3 is 10.2 Å². The van der Waals surface area contributed by atoms with Crippen molar-refractivity contribution in [2.45, 2.75) is 20.0 Å². The highest BCUT2D eigenvalue weighted by molar-refractivity contribution is 7.16. The number of aromatic nitrogens is 2. The second kappa shape index (κ2) is 6.84. The van der Waals surface area contributed by atoms with E-state index in [4.69, 9.17) is 11.6 Å². The van der Waals surface area contributed by atoms with E-state index in [1.165, 1.54) is 4.88 Å². The quantitative estimate of drug-likeness (QED) is 0.890. The standard InChI is InChI=1S/C13H17ClN4S/c1-3-15-8-10-4-7-13(17-16-10)18(2)9-11-5-6-12(14)19-11/h4-7,15H,3,8-9H2,1-2H3. The Bertz CT molecular complexity index is 512. The number of hydrogen-bond donors (Lipinski definition) is 1. The summed E-state index contributed by atoms with van der Waals surface area (Å²) in [5.74, 6) is 0.866. The van der Waals surface area contributed by atoms with Crippen LogP contribution in [0.2, 0.25) is 4.34 Å². The lowest BCUT2D eigenvalue weighted by molar-refractivity contribution is 0.696. The van der Waals surface area contributed by atoms with E-state index in [1.54, 1.807) is 11.3 Å². The van der Waals surface area contributed by atoms with Gasteiger partial charge in [-0.15, -0.1) is 16.4 Å².